The summed E-state index contributed by atoms with van der Waals surface area (Å²) < 4.78 is 10.8. The highest BCUT2D eigenvalue weighted by molar-refractivity contribution is 4.44. The zero-order valence-electron chi connectivity index (χ0n) is 8.80. The average molecular weight is 174 g/mol. The predicted molar refractivity (Wildman–Crippen MR) is 51.4 cm³/mol. The first-order valence-electron chi connectivity index (χ1n) is 4.86. The SMILES string of the molecule is CCC(C)OCCOCC(C)C. The van der Waals surface area contributed by atoms with E-state index in [1.807, 2.05) is 0 Å². The van der Waals surface area contributed by atoms with E-state index in [0.717, 1.165) is 26.2 Å². The summed E-state index contributed by atoms with van der Waals surface area (Å²) in [5.74, 6) is 0.619. The average Bonchev–Trinajstić information content (AvgIpc) is 2.03. The molecular weight excluding hydrogens is 152 g/mol. The molecule has 0 radical (unpaired) electrons. The van der Waals surface area contributed by atoms with E-state index in [1.165, 1.54) is 0 Å². The summed E-state index contributed by atoms with van der Waals surface area (Å²) in [6, 6.07) is 0. The third-order valence-corrected chi connectivity index (χ3v) is 1.66. The second-order valence-electron chi connectivity index (χ2n) is 3.56. The summed E-state index contributed by atoms with van der Waals surface area (Å²) in [7, 11) is 0. The Hall–Kier alpha value is -0.0800. The van der Waals surface area contributed by atoms with Gasteiger partial charge in [-0.3, -0.25) is 0 Å². The Bertz CT molecular complexity index is 91.8. The fraction of sp³-hybridized carbons (Fsp3) is 1.00. The van der Waals surface area contributed by atoms with Crippen molar-refractivity contribution in [2.24, 2.45) is 5.92 Å². The molecule has 0 fully saturated rings. The monoisotopic (exact) mass is 174 g/mol. The van der Waals surface area contributed by atoms with Crippen LogP contribution in [-0.4, -0.2) is 25.9 Å². The van der Waals surface area contributed by atoms with Gasteiger partial charge in [0.2, 0.25) is 0 Å². The minimum absolute atomic E-state index is 0.368. The Morgan fingerprint density at radius 1 is 1.08 bits per heavy atom. The van der Waals surface area contributed by atoms with Gasteiger partial charge in [0.05, 0.1) is 19.3 Å². The van der Waals surface area contributed by atoms with Crippen LogP contribution in [0.2, 0.25) is 0 Å². The molecule has 0 aromatic heterocycles. The molecule has 0 heterocycles. The summed E-state index contributed by atoms with van der Waals surface area (Å²) in [6.45, 7) is 10.8. The van der Waals surface area contributed by atoms with Gasteiger partial charge in [-0.2, -0.15) is 0 Å². The van der Waals surface area contributed by atoms with Gasteiger partial charge in [-0.05, 0) is 19.3 Å². The van der Waals surface area contributed by atoms with Crippen molar-refractivity contribution in [3.8, 4) is 0 Å². The lowest BCUT2D eigenvalue weighted by molar-refractivity contribution is 0.00516. The minimum atomic E-state index is 0.368. The quantitative estimate of drug-likeness (QED) is 0.552. The van der Waals surface area contributed by atoms with Crippen LogP contribution in [-0.2, 0) is 9.47 Å². The summed E-state index contributed by atoms with van der Waals surface area (Å²) in [5, 5.41) is 0. The van der Waals surface area contributed by atoms with Crippen LogP contribution < -0.4 is 0 Å². The van der Waals surface area contributed by atoms with Crippen LogP contribution in [0, 0.1) is 5.92 Å². The molecule has 0 aromatic carbocycles. The highest BCUT2D eigenvalue weighted by Gasteiger charge is 1.97. The van der Waals surface area contributed by atoms with Crippen molar-refractivity contribution in [3.63, 3.8) is 0 Å². The molecule has 1 unspecified atom stereocenters. The first-order valence-corrected chi connectivity index (χ1v) is 4.86. The van der Waals surface area contributed by atoms with E-state index in [9.17, 15) is 0 Å². The van der Waals surface area contributed by atoms with E-state index in [-0.39, 0.29) is 0 Å². The van der Waals surface area contributed by atoms with E-state index in [2.05, 4.69) is 27.7 Å². The molecule has 0 aliphatic heterocycles. The van der Waals surface area contributed by atoms with Gasteiger partial charge in [0.25, 0.3) is 0 Å². The lowest BCUT2D eigenvalue weighted by Crippen LogP contribution is -2.13. The predicted octanol–water partition coefficient (Wildman–Crippen LogP) is 2.47. The molecule has 0 aliphatic carbocycles. The summed E-state index contributed by atoms with van der Waals surface area (Å²) in [4.78, 5) is 0. The van der Waals surface area contributed by atoms with Gasteiger partial charge in [0.15, 0.2) is 0 Å². The molecular formula is C10H22O2. The van der Waals surface area contributed by atoms with Crippen LogP contribution in [0.4, 0.5) is 0 Å². The van der Waals surface area contributed by atoms with Crippen molar-refractivity contribution in [1.29, 1.82) is 0 Å². The minimum Gasteiger partial charge on any atom is -0.379 e. The Morgan fingerprint density at radius 2 is 1.75 bits per heavy atom. The van der Waals surface area contributed by atoms with E-state index in [0.29, 0.717) is 12.0 Å². The molecule has 0 saturated heterocycles. The Morgan fingerprint density at radius 3 is 2.25 bits per heavy atom. The smallest absolute Gasteiger partial charge is 0.0704 e. The number of hydrogen-bond donors (Lipinski definition) is 0. The fourth-order valence-electron chi connectivity index (χ4n) is 0.745. The third-order valence-electron chi connectivity index (χ3n) is 1.66. The van der Waals surface area contributed by atoms with Gasteiger partial charge in [-0.25, -0.2) is 0 Å². The van der Waals surface area contributed by atoms with Gasteiger partial charge in [-0.1, -0.05) is 20.8 Å². The van der Waals surface area contributed by atoms with E-state index in [4.69, 9.17) is 9.47 Å². The van der Waals surface area contributed by atoms with Gasteiger partial charge >= 0.3 is 0 Å². The summed E-state index contributed by atoms with van der Waals surface area (Å²) in [5.41, 5.74) is 0. The Kier molecular flexibility index (Phi) is 7.51. The molecule has 0 saturated carbocycles. The van der Waals surface area contributed by atoms with E-state index in [1.54, 1.807) is 0 Å². The van der Waals surface area contributed by atoms with Crippen LogP contribution in [0.1, 0.15) is 34.1 Å². The van der Waals surface area contributed by atoms with E-state index >= 15 is 0 Å². The first kappa shape index (κ1) is 11.9. The zero-order valence-corrected chi connectivity index (χ0v) is 8.80. The first-order chi connectivity index (χ1) is 5.66. The molecule has 0 bridgehead atoms. The molecule has 0 aliphatic rings. The Balaban J connectivity index is 3.00. The molecule has 0 aromatic rings. The van der Waals surface area contributed by atoms with Crippen LogP contribution in [0.15, 0.2) is 0 Å². The molecule has 2 nitrogen and oxygen atoms in total. The van der Waals surface area contributed by atoms with Crippen molar-refractivity contribution in [1.82, 2.24) is 0 Å². The van der Waals surface area contributed by atoms with Gasteiger partial charge < -0.3 is 9.47 Å². The second-order valence-corrected chi connectivity index (χ2v) is 3.56. The maximum atomic E-state index is 5.45. The summed E-state index contributed by atoms with van der Waals surface area (Å²) in [6.07, 6.45) is 1.44. The number of ether oxygens (including phenoxy) is 2. The maximum absolute atomic E-state index is 5.45. The van der Waals surface area contributed by atoms with Gasteiger partial charge in [0.1, 0.15) is 0 Å². The molecule has 0 amide bonds. The van der Waals surface area contributed by atoms with Gasteiger partial charge in [0, 0.05) is 6.61 Å². The van der Waals surface area contributed by atoms with E-state index < -0.39 is 0 Å². The highest BCUT2D eigenvalue weighted by atomic mass is 16.5. The lowest BCUT2D eigenvalue weighted by Gasteiger charge is -2.11. The summed E-state index contributed by atoms with van der Waals surface area (Å²) >= 11 is 0. The van der Waals surface area contributed by atoms with Crippen molar-refractivity contribution >= 4 is 0 Å². The lowest BCUT2D eigenvalue weighted by atomic mass is 10.2. The number of hydrogen-bond acceptors (Lipinski definition) is 2. The van der Waals surface area contributed by atoms with Crippen LogP contribution in [0.5, 0.6) is 0 Å². The standard InChI is InChI=1S/C10H22O2/c1-5-10(4)12-7-6-11-8-9(2)3/h9-10H,5-8H2,1-4H3. The molecule has 1 atom stereocenters. The molecule has 12 heavy (non-hydrogen) atoms. The zero-order chi connectivity index (χ0) is 9.40. The van der Waals surface area contributed by atoms with Crippen LogP contribution in [0.3, 0.4) is 0 Å². The third kappa shape index (κ3) is 8.02. The van der Waals surface area contributed by atoms with Crippen molar-refractivity contribution in [2.75, 3.05) is 19.8 Å². The van der Waals surface area contributed by atoms with Crippen molar-refractivity contribution in [2.45, 2.75) is 40.2 Å². The van der Waals surface area contributed by atoms with Gasteiger partial charge in [-0.15, -0.1) is 0 Å². The van der Waals surface area contributed by atoms with Crippen LogP contribution in [0.25, 0.3) is 0 Å². The second kappa shape index (κ2) is 7.56. The van der Waals surface area contributed by atoms with Crippen LogP contribution >= 0.6 is 0 Å². The topological polar surface area (TPSA) is 18.5 Å². The Labute approximate surface area is 76.3 Å². The molecule has 2 heteroatoms. The van der Waals surface area contributed by atoms with Crippen molar-refractivity contribution < 1.29 is 9.47 Å². The highest BCUT2D eigenvalue weighted by Crippen LogP contribution is 1.96. The maximum Gasteiger partial charge on any atom is 0.0704 e. The molecule has 74 valence electrons. The normalized spacial score (nSPS) is 13.8. The fourth-order valence-corrected chi connectivity index (χ4v) is 0.745. The molecule has 0 spiro atoms. The number of rotatable bonds is 7. The largest absolute Gasteiger partial charge is 0.379 e. The molecule has 0 N–H and O–H groups in total. The molecule has 0 rings (SSSR count). The van der Waals surface area contributed by atoms with Crippen molar-refractivity contribution in [3.05, 3.63) is 0 Å².